The van der Waals surface area contributed by atoms with Gasteiger partial charge in [0.05, 0.1) is 6.42 Å². The van der Waals surface area contributed by atoms with Gasteiger partial charge in [-0.1, -0.05) is 26.3 Å². The van der Waals surface area contributed by atoms with Crippen LogP contribution in [0.2, 0.25) is 0 Å². The molecule has 1 saturated carbocycles. The maximum Gasteiger partial charge on any atom is 0.408 e. The molecule has 0 heterocycles. The van der Waals surface area contributed by atoms with Gasteiger partial charge in [-0.3, -0.25) is 9.59 Å². The number of ether oxygens (including phenoxy) is 2. The summed E-state index contributed by atoms with van der Waals surface area (Å²) < 4.78 is 10.8. The minimum atomic E-state index is -0.966. The Labute approximate surface area is 169 Å². The first-order valence-electron chi connectivity index (χ1n) is 10.4. The van der Waals surface area contributed by atoms with Crippen LogP contribution >= 0.6 is 0 Å². The molecule has 0 aliphatic heterocycles. The summed E-state index contributed by atoms with van der Waals surface area (Å²) in [4.78, 5) is 37.4. The van der Waals surface area contributed by atoms with Crippen LogP contribution in [0.5, 0.6) is 0 Å². The predicted octanol–water partition coefficient (Wildman–Crippen LogP) is 4.56. The molecule has 0 aromatic carbocycles. The van der Waals surface area contributed by atoms with Gasteiger partial charge in [-0.2, -0.15) is 0 Å². The van der Waals surface area contributed by atoms with E-state index in [0.29, 0.717) is 0 Å². The number of carbonyl (C=O) groups is 3. The van der Waals surface area contributed by atoms with Gasteiger partial charge < -0.3 is 14.8 Å². The molecule has 160 valence electrons. The Bertz CT molecular complexity index is 544. The highest BCUT2D eigenvalue weighted by Gasteiger charge is 2.30. The molecular weight excluding hydrogens is 358 g/mol. The number of alkyl carbamates (subject to hydrolysis) is 1. The highest BCUT2D eigenvalue weighted by Crippen LogP contribution is 2.22. The number of nitrogens with one attached hydrogen (secondary N) is 1. The molecule has 1 aliphatic carbocycles. The van der Waals surface area contributed by atoms with Crippen molar-refractivity contribution in [3.05, 3.63) is 12.7 Å². The largest absolute Gasteiger partial charge is 0.462 e. The molecule has 6 heteroatoms. The second-order valence-corrected chi connectivity index (χ2v) is 8.97. The lowest BCUT2D eigenvalue weighted by molar-refractivity contribution is -0.152. The van der Waals surface area contributed by atoms with Crippen LogP contribution in [-0.4, -0.2) is 35.6 Å². The Balaban J connectivity index is 2.77. The summed E-state index contributed by atoms with van der Waals surface area (Å²) >= 11 is 0. The zero-order valence-electron chi connectivity index (χ0n) is 18.1. The van der Waals surface area contributed by atoms with Crippen molar-refractivity contribution in [2.45, 2.75) is 97.3 Å². The van der Waals surface area contributed by atoms with E-state index in [1.807, 2.05) is 13.8 Å². The van der Waals surface area contributed by atoms with Crippen molar-refractivity contribution in [3.63, 3.8) is 0 Å². The fourth-order valence-electron chi connectivity index (χ4n) is 3.24. The molecule has 1 fully saturated rings. The molecule has 0 radical (unpaired) electrons. The van der Waals surface area contributed by atoms with Gasteiger partial charge in [-0.25, -0.2) is 4.79 Å². The number of ketones is 1. The summed E-state index contributed by atoms with van der Waals surface area (Å²) in [5.41, 5.74) is -0.693. The number of Topliss-reactive ketones (excluding diaryl/α,β-unsaturated/α-hetero) is 1. The average molecular weight is 396 g/mol. The first-order chi connectivity index (χ1) is 13.0. The third kappa shape index (κ3) is 9.38. The number of amides is 1. The van der Waals surface area contributed by atoms with E-state index >= 15 is 0 Å². The molecule has 1 amide bonds. The Morgan fingerprint density at radius 2 is 1.71 bits per heavy atom. The van der Waals surface area contributed by atoms with E-state index in [1.165, 1.54) is 0 Å². The average Bonchev–Trinajstić information content (AvgIpc) is 2.57. The molecule has 2 atom stereocenters. The zero-order valence-corrected chi connectivity index (χ0v) is 18.1. The van der Waals surface area contributed by atoms with Crippen LogP contribution in [0.3, 0.4) is 0 Å². The quantitative estimate of drug-likeness (QED) is 0.457. The summed E-state index contributed by atoms with van der Waals surface area (Å²) in [6, 6.07) is -0.966. The molecule has 1 aliphatic rings. The van der Waals surface area contributed by atoms with E-state index in [0.717, 1.165) is 32.1 Å². The second kappa shape index (κ2) is 11.2. The number of hydrogen-bond acceptors (Lipinski definition) is 5. The van der Waals surface area contributed by atoms with Crippen LogP contribution in [0, 0.1) is 11.8 Å². The van der Waals surface area contributed by atoms with Crippen LogP contribution < -0.4 is 5.32 Å². The van der Waals surface area contributed by atoms with Gasteiger partial charge in [0.25, 0.3) is 0 Å². The lowest BCUT2D eigenvalue weighted by Crippen LogP contribution is -2.45. The SMILES string of the molecule is C=CC(CC(=O)[C@H](CC(=O)OC1CCCCC1)NC(=O)OC(C)(C)C)C(C)C. The van der Waals surface area contributed by atoms with E-state index in [4.69, 9.17) is 9.47 Å². The molecule has 6 nitrogen and oxygen atoms in total. The van der Waals surface area contributed by atoms with Crippen LogP contribution in [0.25, 0.3) is 0 Å². The molecule has 1 N–H and O–H groups in total. The summed E-state index contributed by atoms with van der Waals surface area (Å²) in [6.45, 7) is 13.0. The van der Waals surface area contributed by atoms with Gasteiger partial charge in [0.15, 0.2) is 5.78 Å². The minimum absolute atomic E-state index is 0.0233. The van der Waals surface area contributed by atoms with Gasteiger partial charge in [0, 0.05) is 6.42 Å². The van der Waals surface area contributed by atoms with Crippen LogP contribution in [-0.2, 0) is 19.1 Å². The summed E-state index contributed by atoms with van der Waals surface area (Å²) in [5.74, 6) is -0.464. The number of carbonyl (C=O) groups excluding carboxylic acids is 3. The smallest absolute Gasteiger partial charge is 0.408 e. The summed E-state index contributed by atoms with van der Waals surface area (Å²) in [7, 11) is 0. The van der Waals surface area contributed by atoms with Gasteiger partial charge in [0.1, 0.15) is 17.7 Å². The number of allylic oxidation sites excluding steroid dienone is 1. The molecule has 28 heavy (non-hydrogen) atoms. The maximum absolute atomic E-state index is 12.8. The van der Waals surface area contributed by atoms with Crippen LogP contribution in [0.15, 0.2) is 12.7 Å². The van der Waals surface area contributed by atoms with Crippen molar-refractivity contribution < 1.29 is 23.9 Å². The summed E-state index contributed by atoms with van der Waals surface area (Å²) in [5, 5.41) is 2.56. The zero-order chi connectivity index (χ0) is 21.3. The minimum Gasteiger partial charge on any atom is -0.462 e. The Kier molecular flexibility index (Phi) is 9.70. The standard InChI is InChI=1S/C22H37NO5/c1-7-16(15(2)3)13-19(24)18(23-21(26)28-22(4,5)6)14-20(25)27-17-11-9-8-10-12-17/h7,15-18H,1,8-14H2,2-6H3,(H,23,26)/t16?,18-/m0/s1. The molecule has 1 unspecified atom stereocenters. The van der Waals surface area contributed by atoms with E-state index in [2.05, 4.69) is 11.9 Å². The molecule has 1 rings (SSSR count). The predicted molar refractivity (Wildman–Crippen MR) is 109 cm³/mol. The Morgan fingerprint density at radius 3 is 2.21 bits per heavy atom. The van der Waals surface area contributed by atoms with Gasteiger partial charge in [-0.15, -0.1) is 6.58 Å². The molecule has 0 aromatic heterocycles. The number of hydrogen-bond donors (Lipinski definition) is 1. The van der Waals surface area contributed by atoms with Crippen molar-refractivity contribution in [2.24, 2.45) is 11.8 Å². The number of rotatable bonds is 9. The number of esters is 1. The molecule has 0 saturated heterocycles. The fraction of sp³-hybridized carbons (Fsp3) is 0.773. The normalized spacial score (nSPS) is 17.5. The maximum atomic E-state index is 12.8. The van der Waals surface area contributed by atoms with Crippen molar-refractivity contribution >= 4 is 17.8 Å². The summed E-state index contributed by atoms with van der Waals surface area (Å²) in [6.07, 6.45) is 5.94. The first kappa shape index (κ1) is 24.2. The highest BCUT2D eigenvalue weighted by molar-refractivity contribution is 5.91. The third-order valence-electron chi connectivity index (χ3n) is 4.90. The van der Waals surface area contributed by atoms with Crippen LogP contribution in [0.4, 0.5) is 4.79 Å². The lowest BCUT2D eigenvalue weighted by Gasteiger charge is -2.26. The molecule has 0 aromatic rings. The molecule has 0 spiro atoms. The Morgan fingerprint density at radius 1 is 1.11 bits per heavy atom. The van der Waals surface area contributed by atoms with Crippen LogP contribution in [0.1, 0.15) is 79.6 Å². The molecular formula is C22H37NO5. The lowest BCUT2D eigenvalue weighted by atomic mass is 9.88. The second-order valence-electron chi connectivity index (χ2n) is 8.97. The van der Waals surface area contributed by atoms with Gasteiger partial charge in [0.2, 0.25) is 0 Å². The Hall–Kier alpha value is -1.85. The monoisotopic (exact) mass is 395 g/mol. The van der Waals surface area contributed by atoms with Crippen molar-refractivity contribution in [2.75, 3.05) is 0 Å². The molecule has 0 bridgehead atoms. The van der Waals surface area contributed by atoms with Crippen molar-refractivity contribution in [1.82, 2.24) is 5.32 Å². The van der Waals surface area contributed by atoms with E-state index in [1.54, 1.807) is 26.8 Å². The third-order valence-corrected chi connectivity index (χ3v) is 4.90. The first-order valence-corrected chi connectivity index (χ1v) is 10.4. The fourth-order valence-corrected chi connectivity index (χ4v) is 3.24. The van der Waals surface area contributed by atoms with Gasteiger partial charge >= 0.3 is 12.1 Å². The van der Waals surface area contributed by atoms with Crippen molar-refractivity contribution in [3.8, 4) is 0 Å². The van der Waals surface area contributed by atoms with E-state index < -0.39 is 23.7 Å². The van der Waals surface area contributed by atoms with E-state index in [9.17, 15) is 14.4 Å². The topological polar surface area (TPSA) is 81.7 Å². The highest BCUT2D eigenvalue weighted by atomic mass is 16.6. The van der Waals surface area contributed by atoms with E-state index in [-0.39, 0.29) is 36.6 Å². The van der Waals surface area contributed by atoms with Gasteiger partial charge in [-0.05, 0) is 58.3 Å². The van der Waals surface area contributed by atoms with Crippen molar-refractivity contribution in [1.29, 1.82) is 0 Å².